The number of rotatable bonds is 10. The molecule has 0 amide bonds. The van der Waals surface area contributed by atoms with E-state index in [1.807, 2.05) is 0 Å². The van der Waals surface area contributed by atoms with Gasteiger partial charge in [0.25, 0.3) is 0 Å². The van der Waals surface area contributed by atoms with Gasteiger partial charge in [0, 0.05) is 12.8 Å². The molecule has 0 aliphatic rings. The summed E-state index contributed by atoms with van der Waals surface area (Å²) < 4.78 is 0. The van der Waals surface area contributed by atoms with Gasteiger partial charge in [-0.05, 0) is 12.8 Å². The van der Waals surface area contributed by atoms with E-state index in [4.69, 9.17) is 0 Å². The van der Waals surface area contributed by atoms with E-state index < -0.39 is 0 Å². The second-order valence-electron chi connectivity index (χ2n) is 4.16. The van der Waals surface area contributed by atoms with Gasteiger partial charge >= 0.3 is 0 Å². The standard InChI is InChI=1S/C13H26O/c1-3-5-6-7-8-9-10-12-13(14)11-4-2/h3-12H2,1-2H3. The molecular weight excluding hydrogens is 172 g/mol. The zero-order chi connectivity index (χ0) is 10.6. The Morgan fingerprint density at radius 1 is 0.714 bits per heavy atom. The van der Waals surface area contributed by atoms with Crippen LogP contribution >= 0.6 is 0 Å². The molecule has 0 saturated heterocycles. The number of hydrogen-bond donors (Lipinski definition) is 0. The normalized spacial score (nSPS) is 10.4. The van der Waals surface area contributed by atoms with Gasteiger partial charge in [0.2, 0.25) is 0 Å². The summed E-state index contributed by atoms with van der Waals surface area (Å²) in [5.41, 5.74) is 0. The first-order valence-electron chi connectivity index (χ1n) is 6.33. The van der Waals surface area contributed by atoms with E-state index >= 15 is 0 Å². The van der Waals surface area contributed by atoms with Gasteiger partial charge in [0.05, 0.1) is 0 Å². The minimum Gasteiger partial charge on any atom is -0.300 e. The summed E-state index contributed by atoms with van der Waals surface area (Å²) in [6.07, 6.45) is 11.7. The monoisotopic (exact) mass is 198 g/mol. The van der Waals surface area contributed by atoms with Crippen molar-refractivity contribution in [2.45, 2.75) is 78.1 Å². The average Bonchev–Trinajstić information content (AvgIpc) is 2.17. The fraction of sp³-hybridized carbons (Fsp3) is 0.923. The van der Waals surface area contributed by atoms with Gasteiger partial charge in [-0.2, -0.15) is 0 Å². The lowest BCUT2D eigenvalue weighted by Crippen LogP contribution is -1.96. The van der Waals surface area contributed by atoms with Gasteiger partial charge < -0.3 is 0 Å². The molecule has 14 heavy (non-hydrogen) atoms. The molecule has 0 radical (unpaired) electrons. The van der Waals surface area contributed by atoms with Crippen molar-refractivity contribution < 1.29 is 4.79 Å². The Balaban J connectivity index is 3.01. The van der Waals surface area contributed by atoms with Gasteiger partial charge in [-0.25, -0.2) is 0 Å². The van der Waals surface area contributed by atoms with Crippen LogP contribution in [-0.2, 0) is 4.79 Å². The fourth-order valence-corrected chi connectivity index (χ4v) is 1.68. The number of ketones is 1. The van der Waals surface area contributed by atoms with Gasteiger partial charge in [0.1, 0.15) is 5.78 Å². The smallest absolute Gasteiger partial charge is 0.132 e. The van der Waals surface area contributed by atoms with Gasteiger partial charge in [-0.15, -0.1) is 0 Å². The number of Topliss-reactive ketones (excluding diaryl/α,β-unsaturated/α-hetero) is 1. The Kier molecular flexibility index (Phi) is 10.5. The van der Waals surface area contributed by atoms with E-state index in [0.717, 1.165) is 25.7 Å². The van der Waals surface area contributed by atoms with Crippen molar-refractivity contribution in [3.05, 3.63) is 0 Å². The first kappa shape index (κ1) is 13.7. The highest BCUT2D eigenvalue weighted by molar-refractivity contribution is 5.78. The Hall–Kier alpha value is -0.330. The molecule has 0 saturated carbocycles. The van der Waals surface area contributed by atoms with Crippen LogP contribution in [0.3, 0.4) is 0 Å². The molecule has 0 atom stereocenters. The summed E-state index contributed by atoms with van der Waals surface area (Å²) in [5, 5.41) is 0. The number of hydrogen-bond acceptors (Lipinski definition) is 1. The molecule has 0 aromatic carbocycles. The topological polar surface area (TPSA) is 17.1 Å². The van der Waals surface area contributed by atoms with Crippen molar-refractivity contribution in [3.8, 4) is 0 Å². The lowest BCUT2D eigenvalue weighted by Gasteiger charge is -2.00. The molecule has 0 rings (SSSR count). The molecule has 0 unspecified atom stereocenters. The molecule has 0 N–H and O–H groups in total. The lowest BCUT2D eigenvalue weighted by atomic mass is 10.1. The second kappa shape index (κ2) is 10.7. The van der Waals surface area contributed by atoms with E-state index in [1.54, 1.807) is 0 Å². The lowest BCUT2D eigenvalue weighted by molar-refractivity contribution is -0.119. The molecule has 0 bridgehead atoms. The molecule has 1 nitrogen and oxygen atoms in total. The maximum Gasteiger partial charge on any atom is 0.132 e. The zero-order valence-corrected chi connectivity index (χ0v) is 9.98. The van der Waals surface area contributed by atoms with Gasteiger partial charge in [-0.3, -0.25) is 4.79 Å². The third-order valence-corrected chi connectivity index (χ3v) is 2.59. The van der Waals surface area contributed by atoms with Crippen molar-refractivity contribution in [2.24, 2.45) is 0 Å². The van der Waals surface area contributed by atoms with Crippen molar-refractivity contribution in [1.29, 1.82) is 0 Å². The van der Waals surface area contributed by atoms with E-state index in [9.17, 15) is 4.79 Å². The first-order chi connectivity index (χ1) is 6.81. The predicted octanol–water partition coefficient (Wildman–Crippen LogP) is 4.50. The first-order valence-corrected chi connectivity index (χ1v) is 6.33. The summed E-state index contributed by atoms with van der Waals surface area (Å²) in [7, 11) is 0. The second-order valence-corrected chi connectivity index (χ2v) is 4.16. The SMILES string of the molecule is CCCCCCCCCC(=O)CCC. The van der Waals surface area contributed by atoms with Crippen molar-refractivity contribution in [2.75, 3.05) is 0 Å². The van der Waals surface area contributed by atoms with E-state index in [-0.39, 0.29) is 0 Å². The quantitative estimate of drug-likeness (QED) is 0.472. The van der Waals surface area contributed by atoms with E-state index in [0.29, 0.717) is 5.78 Å². The van der Waals surface area contributed by atoms with Crippen LogP contribution in [0.1, 0.15) is 78.1 Å². The molecule has 0 aliphatic heterocycles. The summed E-state index contributed by atoms with van der Waals surface area (Å²) >= 11 is 0. The molecule has 0 heterocycles. The van der Waals surface area contributed by atoms with Gasteiger partial charge in [0.15, 0.2) is 0 Å². The summed E-state index contributed by atoms with van der Waals surface area (Å²) in [5.74, 6) is 0.459. The molecular formula is C13H26O. The Bertz CT molecular complexity index is 129. The fourth-order valence-electron chi connectivity index (χ4n) is 1.68. The molecule has 0 spiro atoms. The zero-order valence-electron chi connectivity index (χ0n) is 9.98. The minimum absolute atomic E-state index is 0.459. The maximum absolute atomic E-state index is 11.2. The van der Waals surface area contributed by atoms with Crippen LogP contribution in [0.5, 0.6) is 0 Å². The van der Waals surface area contributed by atoms with Crippen LogP contribution in [0.15, 0.2) is 0 Å². The van der Waals surface area contributed by atoms with Gasteiger partial charge in [-0.1, -0.05) is 52.4 Å². The highest BCUT2D eigenvalue weighted by Gasteiger charge is 1.99. The number of carbonyl (C=O) groups is 1. The van der Waals surface area contributed by atoms with Crippen LogP contribution in [0, 0.1) is 0 Å². The summed E-state index contributed by atoms with van der Waals surface area (Å²) in [6, 6.07) is 0. The van der Waals surface area contributed by atoms with E-state index in [2.05, 4.69) is 13.8 Å². The number of unbranched alkanes of at least 4 members (excludes halogenated alkanes) is 6. The van der Waals surface area contributed by atoms with Crippen molar-refractivity contribution >= 4 is 5.78 Å². The number of carbonyl (C=O) groups excluding carboxylic acids is 1. The van der Waals surface area contributed by atoms with Crippen LogP contribution in [-0.4, -0.2) is 5.78 Å². The summed E-state index contributed by atoms with van der Waals surface area (Å²) in [6.45, 7) is 4.31. The molecule has 0 fully saturated rings. The highest BCUT2D eigenvalue weighted by Crippen LogP contribution is 2.09. The third-order valence-electron chi connectivity index (χ3n) is 2.59. The third kappa shape index (κ3) is 9.76. The van der Waals surface area contributed by atoms with Crippen molar-refractivity contribution in [1.82, 2.24) is 0 Å². The van der Waals surface area contributed by atoms with Crippen molar-refractivity contribution in [3.63, 3.8) is 0 Å². The molecule has 0 aliphatic carbocycles. The van der Waals surface area contributed by atoms with Crippen LogP contribution in [0.2, 0.25) is 0 Å². The van der Waals surface area contributed by atoms with Crippen LogP contribution in [0.4, 0.5) is 0 Å². The predicted molar refractivity (Wildman–Crippen MR) is 62.5 cm³/mol. The maximum atomic E-state index is 11.2. The highest BCUT2D eigenvalue weighted by atomic mass is 16.1. The Morgan fingerprint density at radius 2 is 1.29 bits per heavy atom. The molecule has 1 heteroatoms. The Labute approximate surface area is 89.3 Å². The molecule has 0 aromatic heterocycles. The summed E-state index contributed by atoms with van der Waals surface area (Å²) in [4.78, 5) is 11.2. The average molecular weight is 198 g/mol. The minimum atomic E-state index is 0.459. The van der Waals surface area contributed by atoms with Crippen LogP contribution in [0.25, 0.3) is 0 Å². The molecule has 84 valence electrons. The van der Waals surface area contributed by atoms with Crippen LogP contribution < -0.4 is 0 Å². The largest absolute Gasteiger partial charge is 0.300 e. The van der Waals surface area contributed by atoms with E-state index in [1.165, 1.54) is 38.5 Å². The Morgan fingerprint density at radius 3 is 1.86 bits per heavy atom. The molecule has 0 aromatic rings.